The van der Waals surface area contributed by atoms with Crippen molar-refractivity contribution >= 4 is 33.0 Å². The molecule has 0 N–H and O–H groups in total. The van der Waals surface area contributed by atoms with Gasteiger partial charge >= 0.3 is 0 Å². The number of hydrogen-bond acceptors (Lipinski definition) is 2. The number of ether oxygens (including phenoxy) is 1. The Morgan fingerprint density at radius 2 is 1.72 bits per heavy atom. The molecule has 1 nitrogen and oxygen atoms in total. The average Bonchev–Trinajstić information content (AvgIpc) is 2.77. The van der Waals surface area contributed by atoms with E-state index in [0.29, 0.717) is 0 Å². The predicted molar refractivity (Wildman–Crippen MR) is 78.8 cm³/mol. The average molecular weight is 275 g/mol. The number of rotatable bonds is 2. The molecule has 0 aliphatic rings. The van der Waals surface area contributed by atoms with Gasteiger partial charge in [0.05, 0.1) is 17.0 Å². The normalized spacial score (nSPS) is 10.8. The summed E-state index contributed by atoms with van der Waals surface area (Å²) in [6, 6.07) is 16.2. The Hall–Kier alpha value is -1.51. The van der Waals surface area contributed by atoms with Crippen LogP contribution in [0.1, 0.15) is 0 Å². The lowest BCUT2D eigenvalue weighted by molar-refractivity contribution is 0.415. The van der Waals surface area contributed by atoms with Gasteiger partial charge in [-0.2, -0.15) is 0 Å². The molecule has 1 heterocycles. The zero-order chi connectivity index (χ0) is 12.5. The fourth-order valence-electron chi connectivity index (χ4n) is 1.94. The first-order chi connectivity index (χ1) is 8.79. The molecule has 0 radical (unpaired) electrons. The standard InChI is InChI=1S/C15H11ClOS/c1-17-11-8-6-10(7-9-11)15-14(16)12-4-2-3-5-13(12)18-15/h2-9H,1H3. The van der Waals surface area contributed by atoms with Gasteiger partial charge < -0.3 is 4.74 Å². The van der Waals surface area contributed by atoms with Gasteiger partial charge in [0.25, 0.3) is 0 Å². The van der Waals surface area contributed by atoms with Crippen molar-refractivity contribution in [3.8, 4) is 16.2 Å². The fraction of sp³-hybridized carbons (Fsp3) is 0.0667. The first-order valence-corrected chi connectivity index (χ1v) is 6.80. The van der Waals surface area contributed by atoms with Gasteiger partial charge in [-0.3, -0.25) is 0 Å². The summed E-state index contributed by atoms with van der Waals surface area (Å²) in [5.74, 6) is 0.857. The first kappa shape index (κ1) is 11.6. The Morgan fingerprint density at radius 1 is 1.00 bits per heavy atom. The zero-order valence-electron chi connectivity index (χ0n) is 9.81. The SMILES string of the molecule is COc1ccc(-c2sc3ccccc3c2Cl)cc1. The molecule has 3 rings (SSSR count). The second-order valence-corrected chi connectivity index (χ2v) is 5.40. The lowest BCUT2D eigenvalue weighted by Gasteiger charge is -2.01. The second kappa shape index (κ2) is 4.63. The molecule has 2 aromatic carbocycles. The summed E-state index contributed by atoms with van der Waals surface area (Å²) < 4.78 is 6.38. The predicted octanol–water partition coefficient (Wildman–Crippen LogP) is 5.23. The summed E-state index contributed by atoms with van der Waals surface area (Å²) in [7, 11) is 1.67. The van der Waals surface area contributed by atoms with Gasteiger partial charge in [0.1, 0.15) is 5.75 Å². The van der Waals surface area contributed by atoms with E-state index in [1.807, 2.05) is 36.4 Å². The molecule has 3 aromatic rings. The molecule has 3 heteroatoms. The first-order valence-electron chi connectivity index (χ1n) is 5.61. The fourth-order valence-corrected chi connectivity index (χ4v) is 3.49. The van der Waals surface area contributed by atoms with E-state index in [4.69, 9.17) is 16.3 Å². The third-order valence-electron chi connectivity index (χ3n) is 2.89. The van der Waals surface area contributed by atoms with Crippen LogP contribution in [-0.4, -0.2) is 7.11 Å². The molecular formula is C15H11ClOS. The van der Waals surface area contributed by atoms with Crippen LogP contribution in [0.3, 0.4) is 0 Å². The van der Waals surface area contributed by atoms with E-state index in [9.17, 15) is 0 Å². The van der Waals surface area contributed by atoms with Gasteiger partial charge in [-0.05, 0) is 35.9 Å². The summed E-state index contributed by atoms with van der Waals surface area (Å²) in [6.45, 7) is 0. The van der Waals surface area contributed by atoms with Crippen LogP contribution in [0.5, 0.6) is 5.75 Å². The molecule has 0 bridgehead atoms. The molecule has 0 aliphatic heterocycles. The van der Waals surface area contributed by atoms with Crippen LogP contribution < -0.4 is 4.74 Å². The molecule has 0 aliphatic carbocycles. The summed E-state index contributed by atoms with van der Waals surface area (Å²) in [4.78, 5) is 1.11. The van der Waals surface area contributed by atoms with Crippen LogP contribution in [0.2, 0.25) is 5.02 Å². The van der Waals surface area contributed by atoms with Gasteiger partial charge in [-0.15, -0.1) is 11.3 Å². The quantitative estimate of drug-likeness (QED) is 0.622. The smallest absolute Gasteiger partial charge is 0.118 e. The number of halogens is 1. The van der Waals surface area contributed by atoms with E-state index in [0.717, 1.165) is 26.6 Å². The minimum absolute atomic E-state index is 0.834. The minimum Gasteiger partial charge on any atom is -0.497 e. The van der Waals surface area contributed by atoms with Crippen LogP contribution in [0.25, 0.3) is 20.5 Å². The van der Waals surface area contributed by atoms with Gasteiger partial charge in [0.2, 0.25) is 0 Å². The summed E-state index contributed by atoms with van der Waals surface area (Å²) in [5, 5.41) is 1.95. The number of thiophene rings is 1. The van der Waals surface area contributed by atoms with Crippen molar-refractivity contribution in [2.24, 2.45) is 0 Å². The lowest BCUT2D eigenvalue weighted by atomic mass is 10.1. The molecule has 0 fully saturated rings. The van der Waals surface area contributed by atoms with Crippen LogP contribution in [-0.2, 0) is 0 Å². The maximum Gasteiger partial charge on any atom is 0.118 e. The summed E-state index contributed by atoms with van der Waals surface area (Å²) in [5.41, 5.74) is 1.13. The van der Waals surface area contributed by atoms with Gasteiger partial charge in [-0.25, -0.2) is 0 Å². The van der Waals surface area contributed by atoms with Crippen molar-refractivity contribution < 1.29 is 4.74 Å². The van der Waals surface area contributed by atoms with Crippen LogP contribution in [0, 0.1) is 0 Å². The van der Waals surface area contributed by atoms with Gasteiger partial charge in [0.15, 0.2) is 0 Å². The molecule has 1 aromatic heterocycles. The van der Waals surface area contributed by atoms with Gasteiger partial charge in [0, 0.05) is 10.1 Å². The number of fused-ring (bicyclic) bond motifs is 1. The molecule has 0 saturated carbocycles. The maximum absolute atomic E-state index is 6.44. The minimum atomic E-state index is 0.834. The van der Waals surface area contributed by atoms with E-state index in [-0.39, 0.29) is 0 Å². The monoisotopic (exact) mass is 274 g/mol. The number of benzene rings is 2. The number of methoxy groups -OCH3 is 1. The molecule has 0 unspecified atom stereocenters. The van der Waals surface area contributed by atoms with E-state index in [1.165, 1.54) is 4.70 Å². The van der Waals surface area contributed by atoms with E-state index >= 15 is 0 Å². The third-order valence-corrected chi connectivity index (χ3v) is 4.61. The highest BCUT2D eigenvalue weighted by atomic mass is 35.5. The summed E-state index contributed by atoms with van der Waals surface area (Å²) >= 11 is 8.16. The topological polar surface area (TPSA) is 9.23 Å². The molecule has 90 valence electrons. The Bertz CT molecular complexity index is 685. The third kappa shape index (κ3) is 1.88. The van der Waals surface area contributed by atoms with Crippen LogP contribution >= 0.6 is 22.9 Å². The second-order valence-electron chi connectivity index (χ2n) is 3.97. The Balaban J connectivity index is 2.15. The molecule has 0 saturated heterocycles. The lowest BCUT2D eigenvalue weighted by Crippen LogP contribution is -1.81. The van der Waals surface area contributed by atoms with E-state index < -0.39 is 0 Å². The Labute approximate surface area is 115 Å². The maximum atomic E-state index is 6.44. The highest BCUT2D eigenvalue weighted by Gasteiger charge is 2.11. The molecular weight excluding hydrogens is 264 g/mol. The Morgan fingerprint density at radius 3 is 2.39 bits per heavy atom. The molecule has 0 atom stereocenters. The van der Waals surface area contributed by atoms with Gasteiger partial charge in [-0.1, -0.05) is 29.8 Å². The van der Waals surface area contributed by atoms with E-state index in [1.54, 1.807) is 18.4 Å². The van der Waals surface area contributed by atoms with Crippen LogP contribution in [0.4, 0.5) is 0 Å². The Kier molecular flexibility index (Phi) is 2.98. The molecule has 18 heavy (non-hydrogen) atoms. The van der Waals surface area contributed by atoms with Crippen molar-refractivity contribution in [1.82, 2.24) is 0 Å². The zero-order valence-corrected chi connectivity index (χ0v) is 11.4. The van der Waals surface area contributed by atoms with Crippen molar-refractivity contribution in [2.75, 3.05) is 7.11 Å². The van der Waals surface area contributed by atoms with Crippen molar-refractivity contribution in [3.63, 3.8) is 0 Å². The molecule has 0 amide bonds. The summed E-state index contributed by atoms with van der Waals surface area (Å²) in [6.07, 6.45) is 0. The number of hydrogen-bond donors (Lipinski definition) is 0. The van der Waals surface area contributed by atoms with Crippen molar-refractivity contribution in [3.05, 3.63) is 53.6 Å². The molecule has 0 spiro atoms. The highest BCUT2D eigenvalue weighted by Crippen LogP contribution is 2.42. The van der Waals surface area contributed by atoms with Crippen molar-refractivity contribution in [1.29, 1.82) is 0 Å². The highest BCUT2D eigenvalue weighted by molar-refractivity contribution is 7.23. The van der Waals surface area contributed by atoms with E-state index in [2.05, 4.69) is 12.1 Å². The largest absolute Gasteiger partial charge is 0.497 e. The van der Waals surface area contributed by atoms with Crippen LogP contribution in [0.15, 0.2) is 48.5 Å². The van der Waals surface area contributed by atoms with Crippen molar-refractivity contribution in [2.45, 2.75) is 0 Å².